The summed E-state index contributed by atoms with van der Waals surface area (Å²) in [5, 5.41) is 0. The van der Waals surface area contributed by atoms with Crippen molar-refractivity contribution in [1.29, 1.82) is 0 Å². The highest BCUT2D eigenvalue weighted by Gasteiger charge is 2.36. The number of ether oxygens (including phenoxy) is 2. The van der Waals surface area contributed by atoms with E-state index in [9.17, 15) is 0 Å². The normalized spacial score (nSPS) is 11.7. The van der Waals surface area contributed by atoms with Gasteiger partial charge >= 0.3 is 0 Å². The number of methoxy groups -OCH3 is 1. The van der Waals surface area contributed by atoms with Gasteiger partial charge in [-0.3, -0.25) is 0 Å². The third kappa shape index (κ3) is 14.5. The molecule has 1 atom stereocenters. The van der Waals surface area contributed by atoms with Crippen LogP contribution >= 0.6 is 0 Å². The molecular weight excluding hydrogens is 1370 g/mol. The van der Waals surface area contributed by atoms with Crippen LogP contribution < -0.4 is 9.47 Å². The van der Waals surface area contributed by atoms with Crippen molar-refractivity contribution in [2.75, 3.05) is 7.11 Å². The Hall–Kier alpha value is -14.1. The van der Waals surface area contributed by atoms with E-state index in [1.165, 1.54) is 38.9 Å². The molecular formula is C111H84O2. The highest BCUT2D eigenvalue weighted by Crippen LogP contribution is 2.56. The Morgan fingerprint density at radius 1 is 0.257 bits per heavy atom. The molecule has 2 heteroatoms. The summed E-state index contributed by atoms with van der Waals surface area (Å²) in [6.07, 6.45) is 8.89. The largest absolute Gasteiger partial charge is 0.497 e. The predicted octanol–water partition coefficient (Wildman–Crippen LogP) is 30.3. The van der Waals surface area contributed by atoms with E-state index < -0.39 is 5.41 Å². The molecule has 0 bridgehead atoms. The third-order valence-corrected chi connectivity index (χ3v) is 22.3. The van der Waals surface area contributed by atoms with Gasteiger partial charge in [0.25, 0.3) is 0 Å². The molecule has 0 spiro atoms. The minimum Gasteiger partial charge on any atom is -0.497 e. The molecule has 17 aromatic carbocycles. The molecule has 113 heavy (non-hydrogen) atoms. The van der Waals surface area contributed by atoms with Crippen LogP contribution in [-0.2, 0) is 5.41 Å². The van der Waals surface area contributed by atoms with Gasteiger partial charge in [0.05, 0.1) is 7.11 Å². The van der Waals surface area contributed by atoms with Crippen LogP contribution in [0.2, 0.25) is 0 Å². The van der Waals surface area contributed by atoms with E-state index in [0.717, 1.165) is 170 Å². The summed E-state index contributed by atoms with van der Waals surface area (Å²) >= 11 is 0. The van der Waals surface area contributed by atoms with Crippen LogP contribution in [-0.4, -0.2) is 7.11 Å². The Morgan fingerprint density at radius 2 is 0.496 bits per heavy atom. The van der Waals surface area contributed by atoms with Gasteiger partial charge in [0.1, 0.15) is 17.2 Å². The summed E-state index contributed by atoms with van der Waals surface area (Å²) in [6, 6.07) is 150. The lowest BCUT2D eigenvalue weighted by Crippen LogP contribution is -2.25. The van der Waals surface area contributed by atoms with Crippen LogP contribution in [0.5, 0.6) is 17.2 Å². The standard InChI is InChI=1S/C111H84O2/c1-5-7-73-111(3,92-65-57-82(58-66-92)99-75-97(79-37-19-9-20-38-79)104(89-59-67-93(112-4)68-60-89)109(87-49-31-15-32-50-87)103(99)84-43-25-12-26-44-84)101-76-100(80-39-21-10-22-40-80)106(110(88-51-33-16-34-52-88)107(101)85-45-27-13-28-46-85)91-63-71-95(72-64-91)113-94-69-61-90(62-70-94)105-96(78-35-17-8-18-36-78)74-98(81-55-53-77(6-2)54-56-81)102(83-41-23-11-24-42-83)108(105)86-47-29-14-30-48-86/h2,8-72,74-76H,5,7,73H2,1,3-4H3. The lowest BCUT2D eigenvalue weighted by atomic mass is 9.67. The van der Waals surface area contributed by atoms with E-state index in [0.29, 0.717) is 0 Å². The van der Waals surface area contributed by atoms with Crippen LogP contribution in [0.3, 0.4) is 0 Å². The number of rotatable bonds is 22. The minimum absolute atomic E-state index is 0.501. The van der Waals surface area contributed by atoms with E-state index in [-0.39, 0.29) is 0 Å². The molecule has 1 unspecified atom stereocenters. The third-order valence-electron chi connectivity index (χ3n) is 22.3. The lowest BCUT2D eigenvalue weighted by molar-refractivity contribution is 0.415. The lowest BCUT2D eigenvalue weighted by Gasteiger charge is -2.36. The summed E-state index contributed by atoms with van der Waals surface area (Å²) in [5.74, 6) is 5.11. The molecule has 0 amide bonds. The van der Waals surface area contributed by atoms with Gasteiger partial charge in [0.15, 0.2) is 0 Å². The molecule has 0 N–H and O–H groups in total. The maximum absolute atomic E-state index is 6.98. The van der Waals surface area contributed by atoms with Crippen molar-refractivity contribution in [3.8, 4) is 185 Å². The minimum atomic E-state index is -0.501. The van der Waals surface area contributed by atoms with Gasteiger partial charge in [-0.25, -0.2) is 0 Å². The quantitative estimate of drug-likeness (QED) is 0.0630. The summed E-state index contributed by atoms with van der Waals surface area (Å²) in [4.78, 5) is 0. The maximum atomic E-state index is 6.98. The fourth-order valence-electron chi connectivity index (χ4n) is 16.8. The summed E-state index contributed by atoms with van der Waals surface area (Å²) < 4.78 is 12.7. The van der Waals surface area contributed by atoms with Crippen molar-refractivity contribution in [2.45, 2.75) is 38.5 Å². The van der Waals surface area contributed by atoms with E-state index in [2.05, 4.69) is 420 Å². The molecule has 0 saturated carbocycles. The van der Waals surface area contributed by atoms with Crippen molar-refractivity contribution in [3.05, 3.63) is 429 Å². The first-order chi connectivity index (χ1) is 55.8. The molecule has 540 valence electrons. The molecule has 0 heterocycles. The van der Waals surface area contributed by atoms with Crippen LogP contribution in [0.15, 0.2) is 413 Å². The van der Waals surface area contributed by atoms with Crippen LogP contribution in [0, 0.1) is 12.3 Å². The Bertz CT molecular complexity index is 6160. The molecule has 17 aromatic rings. The van der Waals surface area contributed by atoms with Crippen LogP contribution in [0.25, 0.3) is 156 Å². The second kappa shape index (κ2) is 32.6. The van der Waals surface area contributed by atoms with E-state index >= 15 is 0 Å². The molecule has 0 aliphatic heterocycles. The van der Waals surface area contributed by atoms with Gasteiger partial charge in [-0.2, -0.15) is 0 Å². The highest BCUT2D eigenvalue weighted by atomic mass is 16.5. The van der Waals surface area contributed by atoms with Gasteiger partial charge in [-0.1, -0.05) is 378 Å². The molecule has 0 aliphatic rings. The first-order valence-electron chi connectivity index (χ1n) is 39.2. The Labute approximate surface area is 665 Å². The number of hydrogen-bond acceptors (Lipinski definition) is 2. The Balaban J connectivity index is 0.809. The second-order valence-corrected chi connectivity index (χ2v) is 29.2. The second-order valence-electron chi connectivity index (χ2n) is 29.2. The molecule has 0 radical (unpaired) electrons. The molecule has 2 nitrogen and oxygen atoms in total. The number of benzene rings is 17. The van der Waals surface area contributed by atoms with Crippen molar-refractivity contribution in [1.82, 2.24) is 0 Å². The first kappa shape index (κ1) is 71.8. The zero-order chi connectivity index (χ0) is 76.5. The average Bonchev–Trinajstić information content (AvgIpc) is 0.739. The first-order valence-corrected chi connectivity index (χ1v) is 39.2. The zero-order valence-electron chi connectivity index (χ0n) is 63.8. The zero-order valence-corrected chi connectivity index (χ0v) is 63.8. The van der Waals surface area contributed by atoms with Crippen molar-refractivity contribution in [2.24, 2.45) is 0 Å². The van der Waals surface area contributed by atoms with E-state index in [1.807, 2.05) is 12.1 Å². The number of unbranched alkanes of at least 4 members (excludes halogenated alkanes) is 1. The van der Waals surface area contributed by atoms with Gasteiger partial charge in [0.2, 0.25) is 0 Å². The monoisotopic (exact) mass is 1450 g/mol. The molecule has 0 fully saturated rings. The van der Waals surface area contributed by atoms with E-state index in [1.54, 1.807) is 7.11 Å². The van der Waals surface area contributed by atoms with Crippen molar-refractivity contribution >= 4 is 0 Å². The fourth-order valence-corrected chi connectivity index (χ4v) is 16.8. The summed E-state index contributed by atoms with van der Waals surface area (Å²) in [5.41, 5.74) is 34.8. The topological polar surface area (TPSA) is 18.5 Å². The summed E-state index contributed by atoms with van der Waals surface area (Å²) in [7, 11) is 1.73. The fraction of sp³-hybridized carbons (Fsp3) is 0.0631. The average molecular weight is 1450 g/mol. The van der Waals surface area contributed by atoms with Crippen LogP contribution in [0.4, 0.5) is 0 Å². The number of hydrogen-bond donors (Lipinski definition) is 0. The van der Waals surface area contributed by atoms with Crippen molar-refractivity contribution in [3.63, 3.8) is 0 Å². The Morgan fingerprint density at radius 3 is 0.796 bits per heavy atom. The predicted molar refractivity (Wildman–Crippen MR) is 476 cm³/mol. The van der Waals surface area contributed by atoms with Gasteiger partial charge in [-0.05, 0) is 240 Å². The molecule has 0 aliphatic carbocycles. The molecule has 0 saturated heterocycles. The van der Waals surface area contributed by atoms with E-state index in [4.69, 9.17) is 15.9 Å². The SMILES string of the molecule is C#Cc1ccc(-c2cc(-c3ccccc3)c(-c3ccc(Oc4ccc(-c5c(-c6ccccc6)cc(C(C)(CCCC)c6ccc(-c7cc(-c8ccccc8)c(-c8ccc(OC)cc8)c(-c8ccccc8)c7-c7ccccc7)cc6)c(-c6ccccc6)c5-c5ccccc5)cc4)cc3)c(-c3ccccc3)c2-c2ccccc2)cc1. The smallest absolute Gasteiger partial charge is 0.127 e. The summed E-state index contributed by atoms with van der Waals surface area (Å²) in [6.45, 7) is 4.83. The maximum Gasteiger partial charge on any atom is 0.127 e. The van der Waals surface area contributed by atoms with Gasteiger partial charge in [-0.15, -0.1) is 6.42 Å². The van der Waals surface area contributed by atoms with Crippen LogP contribution in [0.1, 0.15) is 49.8 Å². The van der Waals surface area contributed by atoms with Crippen molar-refractivity contribution < 1.29 is 9.47 Å². The molecule has 17 rings (SSSR count). The van der Waals surface area contributed by atoms with Gasteiger partial charge < -0.3 is 9.47 Å². The highest BCUT2D eigenvalue weighted by molar-refractivity contribution is 6.10. The van der Waals surface area contributed by atoms with Gasteiger partial charge in [0, 0.05) is 11.0 Å². The Kier molecular flexibility index (Phi) is 20.7. The number of terminal acetylenes is 1. The molecule has 0 aromatic heterocycles.